The quantitative estimate of drug-likeness (QED) is 0.413. The second-order valence-electron chi connectivity index (χ2n) is 3.29. The van der Waals surface area contributed by atoms with Gasteiger partial charge < -0.3 is 10.2 Å². The average molecular weight is 239 g/mol. The van der Waals surface area contributed by atoms with E-state index >= 15 is 0 Å². The molecule has 5 heteroatoms. The molecule has 0 aliphatic carbocycles. The third kappa shape index (κ3) is 3.18. The summed E-state index contributed by atoms with van der Waals surface area (Å²) in [6.07, 6.45) is -0.203. The highest BCUT2D eigenvalue weighted by atomic mass is 32.1. The molecule has 0 saturated carbocycles. The lowest BCUT2D eigenvalue weighted by Gasteiger charge is -2.18. The van der Waals surface area contributed by atoms with Crippen molar-refractivity contribution >= 4 is 24.4 Å². The van der Waals surface area contributed by atoms with Crippen LogP contribution in [0.3, 0.4) is 0 Å². The number of rotatable bonds is 5. The van der Waals surface area contributed by atoms with Gasteiger partial charge in [0.1, 0.15) is 6.10 Å². The Labute approximate surface area is 99.1 Å². The topological polar surface area (TPSA) is 69.9 Å². The fourth-order valence-electron chi connectivity index (χ4n) is 1.39. The van der Waals surface area contributed by atoms with E-state index in [1.165, 1.54) is 6.08 Å². The Morgan fingerprint density at radius 3 is 2.69 bits per heavy atom. The van der Waals surface area contributed by atoms with Crippen molar-refractivity contribution in [1.29, 1.82) is 0 Å². The SMILES string of the molecule is O=C=Nc1ccccc1C(O)C(O)CCS. The highest BCUT2D eigenvalue weighted by molar-refractivity contribution is 7.80. The van der Waals surface area contributed by atoms with Gasteiger partial charge in [0.15, 0.2) is 0 Å². The van der Waals surface area contributed by atoms with Gasteiger partial charge in [0.05, 0.1) is 11.8 Å². The summed E-state index contributed by atoms with van der Waals surface area (Å²) in [5, 5.41) is 19.5. The zero-order chi connectivity index (χ0) is 12.0. The zero-order valence-electron chi connectivity index (χ0n) is 8.58. The predicted octanol–water partition coefficient (Wildman–Crippen LogP) is 1.37. The molecule has 1 aromatic rings. The standard InChI is InChI=1S/C11H13NO3S/c13-7-12-9-4-2-1-3-8(9)11(15)10(14)5-6-16/h1-4,10-11,14-16H,5-6H2. The molecule has 0 saturated heterocycles. The molecular formula is C11H13NO3S. The number of nitrogens with zero attached hydrogens (tertiary/aromatic N) is 1. The van der Waals surface area contributed by atoms with Crippen LogP contribution in [0.15, 0.2) is 29.3 Å². The Morgan fingerprint density at radius 1 is 1.38 bits per heavy atom. The van der Waals surface area contributed by atoms with Crippen molar-refractivity contribution in [2.45, 2.75) is 18.6 Å². The highest BCUT2D eigenvalue weighted by Gasteiger charge is 2.20. The van der Waals surface area contributed by atoms with E-state index in [1.54, 1.807) is 24.3 Å². The summed E-state index contributed by atoms with van der Waals surface area (Å²) in [4.78, 5) is 13.7. The van der Waals surface area contributed by atoms with Crippen molar-refractivity contribution in [3.63, 3.8) is 0 Å². The molecule has 0 aliphatic rings. The van der Waals surface area contributed by atoms with E-state index in [-0.39, 0.29) is 0 Å². The molecule has 0 amide bonds. The molecule has 0 bridgehead atoms. The van der Waals surface area contributed by atoms with Crippen LogP contribution in [0, 0.1) is 0 Å². The molecule has 1 aromatic carbocycles. The van der Waals surface area contributed by atoms with Gasteiger partial charge in [-0.2, -0.15) is 17.6 Å². The van der Waals surface area contributed by atoms with Crippen LogP contribution in [-0.2, 0) is 4.79 Å². The van der Waals surface area contributed by atoms with Gasteiger partial charge in [-0.05, 0) is 18.2 Å². The van der Waals surface area contributed by atoms with Crippen LogP contribution < -0.4 is 0 Å². The van der Waals surface area contributed by atoms with E-state index in [0.717, 1.165) is 0 Å². The van der Waals surface area contributed by atoms with Crippen molar-refractivity contribution in [2.75, 3.05) is 5.75 Å². The number of aliphatic hydroxyl groups excluding tert-OH is 2. The molecule has 1 rings (SSSR count). The molecule has 0 aliphatic heterocycles. The maximum absolute atomic E-state index is 10.2. The van der Waals surface area contributed by atoms with E-state index < -0.39 is 12.2 Å². The maximum atomic E-state index is 10.2. The number of benzene rings is 1. The number of carbonyl (C=O) groups excluding carboxylic acids is 1. The summed E-state index contributed by atoms with van der Waals surface area (Å²) in [5.41, 5.74) is 0.739. The van der Waals surface area contributed by atoms with E-state index in [2.05, 4.69) is 17.6 Å². The first-order valence-corrected chi connectivity index (χ1v) is 5.47. The Bertz CT molecular complexity index is 391. The van der Waals surface area contributed by atoms with Gasteiger partial charge in [0.25, 0.3) is 0 Å². The van der Waals surface area contributed by atoms with Gasteiger partial charge in [-0.1, -0.05) is 18.2 Å². The van der Waals surface area contributed by atoms with Crippen LogP contribution in [0.4, 0.5) is 5.69 Å². The minimum absolute atomic E-state index is 0.322. The number of hydrogen-bond acceptors (Lipinski definition) is 5. The second kappa shape index (κ2) is 6.45. The lowest BCUT2D eigenvalue weighted by molar-refractivity contribution is 0.0176. The molecule has 2 N–H and O–H groups in total. The van der Waals surface area contributed by atoms with Gasteiger partial charge in [-0.3, -0.25) is 0 Å². The summed E-state index contributed by atoms with van der Waals surface area (Å²) in [6, 6.07) is 6.59. The number of aliphatic hydroxyl groups is 2. The number of thiol groups is 1. The zero-order valence-corrected chi connectivity index (χ0v) is 9.47. The highest BCUT2D eigenvalue weighted by Crippen LogP contribution is 2.28. The minimum atomic E-state index is -1.07. The van der Waals surface area contributed by atoms with Gasteiger partial charge in [0, 0.05) is 5.56 Å². The molecular weight excluding hydrogens is 226 g/mol. The Hall–Kier alpha value is -1.13. The monoisotopic (exact) mass is 239 g/mol. The van der Waals surface area contributed by atoms with Crippen molar-refractivity contribution < 1.29 is 15.0 Å². The normalized spacial score (nSPS) is 13.9. The van der Waals surface area contributed by atoms with E-state index in [9.17, 15) is 15.0 Å². The molecule has 16 heavy (non-hydrogen) atoms. The molecule has 86 valence electrons. The van der Waals surface area contributed by atoms with Crippen LogP contribution in [-0.4, -0.2) is 28.1 Å². The Balaban J connectivity index is 2.97. The van der Waals surface area contributed by atoms with Gasteiger partial charge in [-0.25, -0.2) is 4.79 Å². The lowest BCUT2D eigenvalue weighted by Crippen LogP contribution is -2.18. The summed E-state index contributed by atoms with van der Waals surface area (Å²) >= 11 is 3.98. The fourth-order valence-corrected chi connectivity index (χ4v) is 1.65. The Kier molecular flexibility index (Phi) is 5.22. The van der Waals surface area contributed by atoms with Crippen molar-refractivity contribution in [2.24, 2.45) is 4.99 Å². The van der Waals surface area contributed by atoms with Gasteiger partial charge in [0.2, 0.25) is 6.08 Å². The molecule has 0 fully saturated rings. The Morgan fingerprint density at radius 2 is 2.06 bits per heavy atom. The van der Waals surface area contributed by atoms with Crippen molar-refractivity contribution in [3.05, 3.63) is 29.8 Å². The third-order valence-electron chi connectivity index (χ3n) is 2.21. The van der Waals surface area contributed by atoms with Crippen LogP contribution in [0.2, 0.25) is 0 Å². The molecule has 0 aromatic heterocycles. The summed E-state index contributed by atoms with van der Waals surface area (Å²) < 4.78 is 0. The lowest BCUT2D eigenvalue weighted by atomic mass is 10.0. The number of aliphatic imine (C=N–C) groups is 1. The first-order chi connectivity index (χ1) is 7.70. The largest absolute Gasteiger partial charge is 0.390 e. The van der Waals surface area contributed by atoms with Gasteiger partial charge in [-0.15, -0.1) is 0 Å². The predicted molar refractivity (Wildman–Crippen MR) is 63.7 cm³/mol. The van der Waals surface area contributed by atoms with Crippen LogP contribution in [0.25, 0.3) is 0 Å². The van der Waals surface area contributed by atoms with Crippen LogP contribution in [0.1, 0.15) is 18.1 Å². The summed E-state index contributed by atoms with van der Waals surface area (Å²) in [6.45, 7) is 0. The van der Waals surface area contributed by atoms with Crippen LogP contribution >= 0.6 is 12.6 Å². The smallest absolute Gasteiger partial charge is 0.240 e. The second-order valence-corrected chi connectivity index (χ2v) is 3.73. The van der Waals surface area contributed by atoms with Crippen molar-refractivity contribution in [3.8, 4) is 0 Å². The van der Waals surface area contributed by atoms with Gasteiger partial charge >= 0.3 is 0 Å². The molecule has 2 unspecified atom stereocenters. The summed E-state index contributed by atoms with van der Waals surface area (Å²) in [7, 11) is 0. The average Bonchev–Trinajstić information content (AvgIpc) is 2.29. The van der Waals surface area contributed by atoms with Crippen LogP contribution in [0.5, 0.6) is 0 Å². The maximum Gasteiger partial charge on any atom is 0.240 e. The first kappa shape index (κ1) is 12.9. The molecule has 0 spiro atoms. The fraction of sp³-hybridized carbons (Fsp3) is 0.364. The molecule has 0 heterocycles. The first-order valence-electron chi connectivity index (χ1n) is 4.84. The number of hydrogen-bond donors (Lipinski definition) is 3. The molecule has 2 atom stereocenters. The minimum Gasteiger partial charge on any atom is -0.390 e. The number of isocyanates is 1. The molecule has 4 nitrogen and oxygen atoms in total. The van der Waals surface area contributed by atoms with Crippen molar-refractivity contribution in [1.82, 2.24) is 0 Å². The van der Waals surface area contributed by atoms with E-state index in [4.69, 9.17) is 0 Å². The summed E-state index contributed by atoms with van der Waals surface area (Å²) in [5.74, 6) is 0.470. The van der Waals surface area contributed by atoms with E-state index in [0.29, 0.717) is 23.4 Å². The molecule has 0 radical (unpaired) electrons. The van der Waals surface area contributed by atoms with E-state index in [1.807, 2.05) is 0 Å². The number of para-hydroxylation sites is 1. The third-order valence-corrected chi connectivity index (χ3v) is 2.47.